The number of hydrogen-bond donors (Lipinski definition) is 1. The van der Waals surface area contributed by atoms with E-state index in [1.54, 1.807) is 4.90 Å². The molecule has 0 bridgehead atoms. The first-order valence-corrected chi connectivity index (χ1v) is 9.20. The van der Waals surface area contributed by atoms with E-state index in [9.17, 15) is 9.59 Å². The number of hydrogen-bond acceptors (Lipinski definition) is 2. The molecule has 0 radical (unpaired) electrons. The first-order chi connectivity index (χ1) is 11.8. The average Bonchev–Trinajstić information content (AvgIpc) is 2.56. The molecule has 5 heteroatoms. The van der Waals surface area contributed by atoms with Crippen molar-refractivity contribution in [2.24, 2.45) is 0 Å². The van der Waals surface area contributed by atoms with Gasteiger partial charge in [0.25, 0.3) is 0 Å². The lowest BCUT2D eigenvalue weighted by Crippen LogP contribution is -2.54. The van der Waals surface area contributed by atoms with E-state index in [1.807, 2.05) is 18.7 Å². The minimum atomic E-state index is -0.0393. The summed E-state index contributed by atoms with van der Waals surface area (Å²) < 4.78 is 0. The van der Waals surface area contributed by atoms with Crippen LogP contribution in [0, 0.1) is 6.92 Å². The van der Waals surface area contributed by atoms with Gasteiger partial charge in [-0.2, -0.15) is 0 Å². The molecule has 1 aromatic rings. The second-order valence-electron chi connectivity index (χ2n) is 7.49. The van der Waals surface area contributed by atoms with E-state index in [0.717, 1.165) is 11.1 Å². The number of rotatable bonds is 4. The van der Waals surface area contributed by atoms with E-state index in [4.69, 9.17) is 0 Å². The molecule has 2 rings (SSSR count). The van der Waals surface area contributed by atoms with Crippen molar-refractivity contribution in [1.82, 2.24) is 15.1 Å². The minimum absolute atomic E-state index is 0.0393. The van der Waals surface area contributed by atoms with Crippen LogP contribution >= 0.6 is 0 Å². The molecule has 25 heavy (non-hydrogen) atoms. The van der Waals surface area contributed by atoms with Gasteiger partial charge >= 0.3 is 6.03 Å². The summed E-state index contributed by atoms with van der Waals surface area (Å²) in [4.78, 5) is 28.4. The van der Waals surface area contributed by atoms with Crippen molar-refractivity contribution in [1.29, 1.82) is 0 Å². The van der Waals surface area contributed by atoms with Gasteiger partial charge in [-0.05, 0) is 43.4 Å². The van der Waals surface area contributed by atoms with Gasteiger partial charge in [0.1, 0.15) is 0 Å². The molecule has 1 aliphatic rings. The van der Waals surface area contributed by atoms with Gasteiger partial charge < -0.3 is 15.1 Å². The Morgan fingerprint density at radius 2 is 1.64 bits per heavy atom. The normalized spacial score (nSPS) is 15.0. The lowest BCUT2D eigenvalue weighted by Gasteiger charge is -2.35. The number of urea groups is 1. The summed E-state index contributed by atoms with van der Waals surface area (Å²) >= 11 is 0. The highest BCUT2D eigenvalue weighted by molar-refractivity contribution is 5.80. The number of piperazine rings is 1. The van der Waals surface area contributed by atoms with Crippen molar-refractivity contribution in [3.8, 4) is 0 Å². The maximum absolute atomic E-state index is 12.7. The Morgan fingerprint density at radius 1 is 1.04 bits per heavy atom. The molecule has 5 nitrogen and oxygen atoms in total. The fourth-order valence-corrected chi connectivity index (χ4v) is 3.01. The molecule has 0 unspecified atom stereocenters. The van der Waals surface area contributed by atoms with E-state index in [-0.39, 0.29) is 18.0 Å². The van der Waals surface area contributed by atoms with E-state index in [2.05, 4.69) is 44.3 Å². The molecule has 0 spiro atoms. The van der Waals surface area contributed by atoms with Gasteiger partial charge in [0.15, 0.2) is 0 Å². The summed E-state index contributed by atoms with van der Waals surface area (Å²) in [6.07, 6.45) is 0.435. The van der Waals surface area contributed by atoms with E-state index in [1.165, 1.54) is 5.56 Å². The number of nitrogens with zero attached hydrogens (tertiary/aromatic N) is 2. The van der Waals surface area contributed by atoms with Crippen LogP contribution in [-0.4, -0.2) is 54.0 Å². The second kappa shape index (κ2) is 8.37. The van der Waals surface area contributed by atoms with Crippen LogP contribution in [0.5, 0.6) is 0 Å². The zero-order chi connectivity index (χ0) is 18.6. The molecule has 1 heterocycles. The molecule has 0 aliphatic carbocycles. The van der Waals surface area contributed by atoms with Crippen LogP contribution in [0.1, 0.15) is 50.3 Å². The van der Waals surface area contributed by atoms with Crippen LogP contribution in [-0.2, 0) is 11.2 Å². The predicted octanol–water partition coefficient (Wildman–Crippen LogP) is 2.92. The summed E-state index contributed by atoms with van der Waals surface area (Å²) in [7, 11) is 0. The monoisotopic (exact) mass is 345 g/mol. The van der Waals surface area contributed by atoms with Gasteiger partial charge in [-0.25, -0.2) is 4.79 Å². The number of carbonyl (C=O) groups is 2. The van der Waals surface area contributed by atoms with Crippen LogP contribution < -0.4 is 5.32 Å². The second-order valence-corrected chi connectivity index (χ2v) is 7.49. The maximum atomic E-state index is 12.7. The summed E-state index contributed by atoms with van der Waals surface area (Å²) in [6, 6.07) is 6.49. The molecule has 3 amide bonds. The van der Waals surface area contributed by atoms with Crippen molar-refractivity contribution in [3.63, 3.8) is 0 Å². The Morgan fingerprint density at radius 3 is 2.20 bits per heavy atom. The molecule has 1 fully saturated rings. The summed E-state index contributed by atoms with van der Waals surface area (Å²) in [6.45, 7) is 12.7. The molecular formula is C20H31N3O2. The van der Waals surface area contributed by atoms with E-state index >= 15 is 0 Å². The van der Waals surface area contributed by atoms with Crippen molar-refractivity contribution in [2.75, 3.05) is 26.2 Å². The maximum Gasteiger partial charge on any atom is 0.317 e. The van der Waals surface area contributed by atoms with E-state index in [0.29, 0.717) is 38.5 Å². The van der Waals surface area contributed by atoms with Gasteiger partial charge in [-0.15, -0.1) is 0 Å². The largest absolute Gasteiger partial charge is 0.339 e. The van der Waals surface area contributed by atoms with Crippen LogP contribution in [0.15, 0.2) is 18.2 Å². The Labute approximate surface area is 151 Å². The number of amides is 3. The van der Waals surface area contributed by atoms with Crippen LogP contribution in [0.4, 0.5) is 4.79 Å². The Kier molecular flexibility index (Phi) is 6.45. The number of aryl methyl sites for hydroxylation is 1. The predicted molar refractivity (Wildman–Crippen MR) is 101 cm³/mol. The SMILES string of the molecule is Cc1ccc(C(C)C)cc1CC(=O)N1CCN(C(=O)NC(C)C)CC1. The Balaban J connectivity index is 1.93. The standard InChI is InChI=1S/C20H31N3O2/c1-14(2)17-7-6-16(5)18(12-17)13-19(24)22-8-10-23(11-9-22)20(25)21-15(3)4/h6-7,12,14-15H,8-11,13H2,1-5H3,(H,21,25). The molecular weight excluding hydrogens is 314 g/mol. The van der Waals surface area contributed by atoms with Gasteiger partial charge in [0.05, 0.1) is 6.42 Å². The van der Waals surface area contributed by atoms with Crippen LogP contribution in [0.2, 0.25) is 0 Å². The third kappa shape index (κ3) is 5.21. The van der Waals surface area contributed by atoms with Crippen molar-refractivity contribution < 1.29 is 9.59 Å². The minimum Gasteiger partial charge on any atom is -0.339 e. The number of carbonyl (C=O) groups excluding carboxylic acids is 2. The molecule has 138 valence electrons. The Hall–Kier alpha value is -2.04. The zero-order valence-electron chi connectivity index (χ0n) is 16.1. The number of nitrogens with one attached hydrogen (secondary N) is 1. The first kappa shape index (κ1) is 19.3. The molecule has 0 atom stereocenters. The lowest BCUT2D eigenvalue weighted by atomic mass is 9.96. The molecule has 1 aromatic carbocycles. The van der Waals surface area contributed by atoms with Crippen LogP contribution in [0.3, 0.4) is 0 Å². The van der Waals surface area contributed by atoms with E-state index < -0.39 is 0 Å². The molecule has 0 saturated carbocycles. The van der Waals surface area contributed by atoms with Gasteiger partial charge in [-0.3, -0.25) is 4.79 Å². The smallest absolute Gasteiger partial charge is 0.317 e. The van der Waals surface area contributed by atoms with Gasteiger partial charge in [0.2, 0.25) is 5.91 Å². The number of benzene rings is 1. The fourth-order valence-electron chi connectivity index (χ4n) is 3.01. The Bertz CT molecular complexity index is 617. The van der Waals surface area contributed by atoms with Crippen LogP contribution in [0.25, 0.3) is 0 Å². The quantitative estimate of drug-likeness (QED) is 0.912. The third-order valence-electron chi connectivity index (χ3n) is 4.71. The first-order valence-electron chi connectivity index (χ1n) is 9.20. The van der Waals surface area contributed by atoms with Crippen molar-refractivity contribution in [3.05, 3.63) is 34.9 Å². The zero-order valence-corrected chi connectivity index (χ0v) is 16.1. The molecule has 1 N–H and O–H groups in total. The average molecular weight is 345 g/mol. The highest BCUT2D eigenvalue weighted by Crippen LogP contribution is 2.19. The van der Waals surface area contributed by atoms with Crippen molar-refractivity contribution >= 4 is 11.9 Å². The third-order valence-corrected chi connectivity index (χ3v) is 4.71. The fraction of sp³-hybridized carbons (Fsp3) is 0.600. The van der Waals surface area contributed by atoms with Gasteiger partial charge in [-0.1, -0.05) is 32.0 Å². The molecule has 0 aromatic heterocycles. The highest BCUT2D eigenvalue weighted by atomic mass is 16.2. The highest BCUT2D eigenvalue weighted by Gasteiger charge is 2.24. The summed E-state index contributed by atoms with van der Waals surface area (Å²) in [5.41, 5.74) is 3.53. The summed E-state index contributed by atoms with van der Waals surface area (Å²) in [5, 5.41) is 2.90. The lowest BCUT2D eigenvalue weighted by molar-refractivity contribution is -0.131. The van der Waals surface area contributed by atoms with Crippen molar-refractivity contribution in [2.45, 2.75) is 53.0 Å². The molecule has 1 saturated heterocycles. The van der Waals surface area contributed by atoms with Gasteiger partial charge in [0, 0.05) is 32.2 Å². The summed E-state index contributed by atoms with van der Waals surface area (Å²) in [5.74, 6) is 0.602. The molecule has 1 aliphatic heterocycles. The topological polar surface area (TPSA) is 52.7 Å².